The van der Waals surface area contributed by atoms with Gasteiger partial charge in [-0.3, -0.25) is 9.59 Å². The highest BCUT2D eigenvalue weighted by Gasteiger charge is 2.09. The number of hydrogen-bond donors (Lipinski definition) is 2. The van der Waals surface area contributed by atoms with Crippen molar-refractivity contribution in [1.82, 2.24) is 25.6 Å². The lowest BCUT2D eigenvalue weighted by molar-refractivity contribution is -0.120. The SMILES string of the molecule is CCCNC(=O)CNC(=O)c1ccc(Cn2nnc3ccccc32)cc1. The zero-order chi connectivity index (χ0) is 18.4. The molecule has 1 aromatic heterocycles. The summed E-state index contributed by atoms with van der Waals surface area (Å²) < 4.78 is 1.82. The maximum Gasteiger partial charge on any atom is 0.251 e. The molecule has 0 saturated carbocycles. The molecule has 2 N–H and O–H groups in total. The second kappa shape index (κ2) is 8.24. The van der Waals surface area contributed by atoms with Gasteiger partial charge in [0.05, 0.1) is 18.6 Å². The van der Waals surface area contributed by atoms with Gasteiger partial charge in [0.25, 0.3) is 5.91 Å². The smallest absolute Gasteiger partial charge is 0.251 e. The lowest BCUT2D eigenvalue weighted by Gasteiger charge is -2.07. The third-order valence-electron chi connectivity index (χ3n) is 3.95. The molecule has 0 fully saturated rings. The van der Waals surface area contributed by atoms with Crippen LogP contribution < -0.4 is 10.6 Å². The number of aromatic nitrogens is 3. The highest BCUT2D eigenvalue weighted by molar-refractivity contribution is 5.96. The molecule has 3 aromatic rings. The molecule has 0 radical (unpaired) electrons. The average molecular weight is 351 g/mol. The lowest BCUT2D eigenvalue weighted by Crippen LogP contribution is -2.37. The van der Waals surface area contributed by atoms with E-state index < -0.39 is 0 Å². The Hall–Kier alpha value is -3.22. The molecule has 7 nitrogen and oxygen atoms in total. The molecule has 0 atom stereocenters. The number of hydrogen-bond acceptors (Lipinski definition) is 4. The fourth-order valence-electron chi connectivity index (χ4n) is 2.56. The summed E-state index contributed by atoms with van der Waals surface area (Å²) in [4.78, 5) is 23.6. The predicted octanol–water partition coefficient (Wildman–Crippen LogP) is 1.74. The summed E-state index contributed by atoms with van der Waals surface area (Å²) >= 11 is 0. The topological polar surface area (TPSA) is 88.9 Å². The van der Waals surface area contributed by atoms with Crippen molar-refractivity contribution in [3.8, 4) is 0 Å². The van der Waals surface area contributed by atoms with Gasteiger partial charge in [-0.15, -0.1) is 5.10 Å². The molecular weight excluding hydrogens is 330 g/mol. The van der Waals surface area contributed by atoms with Crippen molar-refractivity contribution in [3.63, 3.8) is 0 Å². The van der Waals surface area contributed by atoms with Crippen molar-refractivity contribution in [2.24, 2.45) is 0 Å². The summed E-state index contributed by atoms with van der Waals surface area (Å²) in [6.45, 7) is 3.14. The number of para-hydroxylation sites is 1. The first-order valence-electron chi connectivity index (χ1n) is 8.59. The summed E-state index contributed by atoms with van der Waals surface area (Å²) in [5.41, 5.74) is 3.34. The molecule has 2 aromatic carbocycles. The number of nitrogens with zero attached hydrogens (tertiary/aromatic N) is 3. The number of carbonyl (C=O) groups excluding carboxylic acids is 2. The summed E-state index contributed by atoms with van der Waals surface area (Å²) in [5, 5.41) is 13.6. The van der Waals surface area contributed by atoms with Gasteiger partial charge in [0.1, 0.15) is 5.52 Å². The van der Waals surface area contributed by atoms with Gasteiger partial charge in [-0.2, -0.15) is 0 Å². The molecular formula is C19H21N5O2. The number of fused-ring (bicyclic) bond motifs is 1. The Morgan fingerprint density at radius 1 is 1.04 bits per heavy atom. The number of benzene rings is 2. The molecule has 26 heavy (non-hydrogen) atoms. The Balaban J connectivity index is 1.59. The third-order valence-corrected chi connectivity index (χ3v) is 3.95. The normalized spacial score (nSPS) is 10.7. The van der Waals surface area contributed by atoms with E-state index in [1.165, 1.54) is 0 Å². The van der Waals surface area contributed by atoms with E-state index in [2.05, 4.69) is 20.9 Å². The van der Waals surface area contributed by atoms with Gasteiger partial charge in [-0.1, -0.05) is 36.4 Å². The zero-order valence-corrected chi connectivity index (χ0v) is 14.6. The van der Waals surface area contributed by atoms with Crippen molar-refractivity contribution in [1.29, 1.82) is 0 Å². The van der Waals surface area contributed by atoms with Gasteiger partial charge >= 0.3 is 0 Å². The van der Waals surface area contributed by atoms with Crippen LogP contribution in [0.5, 0.6) is 0 Å². The molecule has 0 bridgehead atoms. The van der Waals surface area contributed by atoms with Crippen LogP contribution in [0, 0.1) is 0 Å². The highest BCUT2D eigenvalue weighted by atomic mass is 16.2. The van der Waals surface area contributed by atoms with Gasteiger partial charge < -0.3 is 10.6 Å². The number of rotatable bonds is 7. The van der Waals surface area contributed by atoms with Crippen LogP contribution in [0.3, 0.4) is 0 Å². The minimum Gasteiger partial charge on any atom is -0.355 e. The molecule has 0 unspecified atom stereocenters. The van der Waals surface area contributed by atoms with Crippen LogP contribution in [0.25, 0.3) is 11.0 Å². The van der Waals surface area contributed by atoms with Crippen molar-refractivity contribution in [2.45, 2.75) is 19.9 Å². The first-order valence-corrected chi connectivity index (χ1v) is 8.59. The molecule has 2 amide bonds. The van der Waals surface area contributed by atoms with E-state index in [0.717, 1.165) is 23.0 Å². The quantitative estimate of drug-likeness (QED) is 0.678. The monoisotopic (exact) mass is 351 g/mol. The predicted molar refractivity (Wildman–Crippen MR) is 98.7 cm³/mol. The molecule has 134 valence electrons. The van der Waals surface area contributed by atoms with E-state index in [0.29, 0.717) is 18.7 Å². The van der Waals surface area contributed by atoms with Gasteiger partial charge in [0, 0.05) is 12.1 Å². The standard InChI is InChI=1S/C19H21N5O2/c1-2-11-20-18(25)12-21-19(26)15-9-7-14(8-10-15)13-24-17-6-4-3-5-16(17)22-23-24/h3-10H,2,11-13H2,1H3,(H,20,25)(H,21,26). The van der Waals surface area contributed by atoms with E-state index in [1.54, 1.807) is 12.1 Å². The molecule has 0 aliphatic rings. The summed E-state index contributed by atoms with van der Waals surface area (Å²) in [6, 6.07) is 15.0. The summed E-state index contributed by atoms with van der Waals surface area (Å²) in [6.07, 6.45) is 0.863. The van der Waals surface area contributed by atoms with E-state index in [4.69, 9.17) is 0 Å². The fraction of sp³-hybridized carbons (Fsp3) is 0.263. The van der Waals surface area contributed by atoms with E-state index >= 15 is 0 Å². The fourth-order valence-corrected chi connectivity index (χ4v) is 2.56. The molecule has 3 rings (SSSR count). The molecule has 0 saturated heterocycles. The number of nitrogens with one attached hydrogen (secondary N) is 2. The second-order valence-electron chi connectivity index (χ2n) is 5.97. The maximum absolute atomic E-state index is 12.1. The molecule has 0 spiro atoms. The van der Waals surface area contributed by atoms with Crippen LogP contribution in [-0.4, -0.2) is 39.9 Å². The minimum absolute atomic E-state index is 0.0223. The van der Waals surface area contributed by atoms with Crippen LogP contribution in [0.4, 0.5) is 0 Å². The van der Waals surface area contributed by atoms with Crippen LogP contribution in [0.1, 0.15) is 29.3 Å². The summed E-state index contributed by atoms with van der Waals surface area (Å²) in [7, 11) is 0. The number of carbonyl (C=O) groups is 2. The van der Waals surface area contributed by atoms with Crippen molar-refractivity contribution < 1.29 is 9.59 Å². The summed E-state index contributed by atoms with van der Waals surface area (Å²) in [5.74, 6) is -0.454. The Labute approximate surface area is 151 Å². The van der Waals surface area contributed by atoms with Crippen molar-refractivity contribution in [3.05, 3.63) is 59.7 Å². The van der Waals surface area contributed by atoms with Crippen molar-refractivity contribution >= 4 is 22.8 Å². The van der Waals surface area contributed by atoms with Crippen LogP contribution in [0.2, 0.25) is 0 Å². The lowest BCUT2D eigenvalue weighted by atomic mass is 10.1. The molecule has 7 heteroatoms. The van der Waals surface area contributed by atoms with Gasteiger partial charge in [0.2, 0.25) is 5.91 Å². The Kier molecular flexibility index (Phi) is 5.58. The Morgan fingerprint density at radius 3 is 2.58 bits per heavy atom. The van der Waals surface area contributed by atoms with E-state index in [-0.39, 0.29) is 18.4 Å². The van der Waals surface area contributed by atoms with E-state index in [9.17, 15) is 9.59 Å². The number of amides is 2. The van der Waals surface area contributed by atoms with E-state index in [1.807, 2.05) is 48.0 Å². The van der Waals surface area contributed by atoms with Crippen molar-refractivity contribution in [2.75, 3.05) is 13.1 Å². The van der Waals surface area contributed by atoms with Crippen LogP contribution in [0.15, 0.2) is 48.5 Å². The first-order chi connectivity index (χ1) is 12.7. The second-order valence-corrected chi connectivity index (χ2v) is 5.97. The minimum atomic E-state index is -0.269. The van der Waals surface area contributed by atoms with Crippen LogP contribution >= 0.6 is 0 Å². The molecule has 0 aliphatic carbocycles. The highest BCUT2D eigenvalue weighted by Crippen LogP contribution is 2.12. The largest absolute Gasteiger partial charge is 0.355 e. The van der Waals surface area contributed by atoms with Gasteiger partial charge in [0.15, 0.2) is 0 Å². The maximum atomic E-state index is 12.1. The first kappa shape index (κ1) is 17.6. The Morgan fingerprint density at radius 2 is 1.81 bits per heavy atom. The third kappa shape index (κ3) is 4.24. The zero-order valence-electron chi connectivity index (χ0n) is 14.6. The van der Waals surface area contributed by atoms with Gasteiger partial charge in [-0.25, -0.2) is 4.68 Å². The van der Waals surface area contributed by atoms with Crippen LogP contribution in [-0.2, 0) is 11.3 Å². The average Bonchev–Trinajstić information content (AvgIpc) is 3.08. The molecule has 0 aliphatic heterocycles. The molecule has 1 heterocycles. The Bertz CT molecular complexity index is 902. The van der Waals surface area contributed by atoms with Gasteiger partial charge in [-0.05, 0) is 36.2 Å².